The van der Waals surface area contributed by atoms with Crippen molar-refractivity contribution in [2.45, 2.75) is 18.1 Å². The molecule has 2 aliphatic rings. The van der Waals surface area contributed by atoms with Gasteiger partial charge in [0.2, 0.25) is 5.91 Å². The maximum atomic E-state index is 13.3. The van der Waals surface area contributed by atoms with Crippen molar-refractivity contribution in [3.05, 3.63) is 64.2 Å². The van der Waals surface area contributed by atoms with Crippen LogP contribution in [0, 0.1) is 11.3 Å². The van der Waals surface area contributed by atoms with Gasteiger partial charge in [0.05, 0.1) is 43.8 Å². The molecule has 4 rings (SSSR count). The summed E-state index contributed by atoms with van der Waals surface area (Å²) in [5.74, 6) is 1.21. The summed E-state index contributed by atoms with van der Waals surface area (Å²) in [6, 6.07) is 14.7. The first kappa shape index (κ1) is 21.1. The van der Waals surface area contributed by atoms with E-state index < -0.39 is 5.72 Å². The number of amides is 1. The Balaban J connectivity index is 1.79. The number of aliphatic hydroxyl groups is 1. The lowest BCUT2D eigenvalue weighted by molar-refractivity contribution is -0.149. The molecule has 1 saturated heterocycles. The van der Waals surface area contributed by atoms with E-state index in [1.807, 2.05) is 24.3 Å². The molecule has 0 radical (unpaired) electrons. The number of carbonyl (C=O) groups excluding carboxylic acids is 1. The highest BCUT2D eigenvalue weighted by Gasteiger charge is 2.52. The second-order valence-electron chi connectivity index (χ2n) is 7.27. The number of ether oxygens (including phenoxy) is 3. The number of thioether (sulfide) groups is 1. The lowest BCUT2D eigenvalue weighted by Crippen LogP contribution is -2.48. The summed E-state index contributed by atoms with van der Waals surface area (Å²) in [7, 11) is 4.62. The standard InChI is InChI=1S/C23H22N2O5S/c1-28-16-6-4-5-14(9-16)17-11-21(26)25-22(18(17)12-24)31-13-23(25,27)15-7-8-19(29-2)20(10-15)30-3/h4-10,17,27H,11,13H2,1-3H3/t17-,23+/m1/s1. The van der Waals surface area contributed by atoms with E-state index in [9.17, 15) is 15.2 Å². The summed E-state index contributed by atoms with van der Waals surface area (Å²) in [4.78, 5) is 14.6. The van der Waals surface area contributed by atoms with Crippen LogP contribution in [0.4, 0.5) is 0 Å². The SMILES string of the molecule is COc1cccc([C@H]2CC(=O)N3C(=C2C#N)SC[C@]3(O)c2ccc(OC)c(OC)c2)c1. The van der Waals surface area contributed by atoms with Gasteiger partial charge < -0.3 is 19.3 Å². The van der Waals surface area contributed by atoms with Crippen molar-refractivity contribution in [1.82, 2.24) is 4.90 Å². The smallest absolute Gasteiger partial charge is 0.231 e. The van der Waals surface area contributed by atoms with Crippen LogP contribution in [0.15, 0.2) is 53.1 Å². The normalized spacial score (nSPS) is 22.7. The minimum absolute atomic E-state index is 0.0791. The average Bonchev–Trinajstić information content (AvgIpc) is 3.17. The Kier molecular flexibility index (Phi) is 5.56. The summed E-state index contributed by atoms with van der Waals surface area (Å²) in [6.45, 7) is 0. The van der Waals surface area contributed by atoms with Crippen molar-refractivity contribution in [1.29, 1.82) is 5.26 Å². The molecule has 8 heteroatoms. The van der Waals surface area contributed by atoms with E-state index in [1.54, 1.807) is 25.3 Å². The zero-order valence-electron chi connectivity index (χ0n) is 17.4. The van der Waals surface area contributed by atoms with Gasteiger partial charge in [0, 0.05) is 17.9 Å². The fourth-order valence-corrected chi connectivity index (χ4v) is 5.43. The second-order valence-corrected chi connectivity index (χ2v) is 8.23. The van der Waals surface area contributed by atoms with Gasteiger partial charge in [0.15, 0.2) is 17.2 Å². The molecule has 0 bridgehead atoms. The van der Waals surface area contributed by atoms with Crippen LogP contribution in [-0.2, 0) is 10.5 Å². The molecule has 0 unspecified atom stereocenters. The summed E-state index contributed by atoms with van der Waals surface area (Å²) in [5, 5.41) is 22.0. The zero-order valence-corrected chi connectivity index (χ0v) is 18.2. The van der Waals surface area contributed by atoms with Gasteiger partial charge in [-0.25, -0.2) is 0 Å². The number of hydrogen-bond acceptors (Lipinski definition) is 7. The highest BCUT2D eigenvalue weighted by molar-refractivity contribution is 8.03. The maximum absolute atomic E-state index is 13.3. The number of fused-ring (bicyclic) bond motifs is 1. The Labute approximate surface area is 184 Å². The number of allylic oxidation sites excluding steroid dienone is 1. The topological polar surface area (TPSA) is 92.0 Å². The number of benzene rings is 2. The highest BCUT2D eigenvalue weighted by atomic mass is 32.2. The van der Waals surface area contributed by atoms with Gasteiger partial charge >= 0.3 is 0 Å². The maximum Gasteiger partial charge on any atom is 0.231 e. The predicted octanol–water partition coefficient (Wildman–Crippen LogP) is 3.36. The number of carbonyl (C=O) groups is 1. The van der Waals surface area contributed by atoms with Crippen LogP contribution in [0.5, 0.6) is 17.2 Å². The number of methoxy groups -OCH3 is 3. The van der Waals surface area contributed by atoms with Gasteiger partial charge in [-0.3, -0.25) is 9.69 Å². The summed E-state index contributed by atoms with van der Waals surface area (Å²) < 4.78 is 15.9. The van der Waals surface area contributed by atoms with Gasteiger partial charge in [0.1, 0.15) is 5.75 Å². The molecule has 2 aliphatic heterocycles. The first-order valence-corrected chi connectivity index (χ1v) is 10.6. The van der Waals surface area contributed by atoms with E-state index in [1.165, 1.54) is 30.9 Å². The molecule has 2 aromatic rings. The zero-order chi connectivity index (χ0) is 22.2. The summed E-state index contributed by atoms with van der Waals surface area (Å²) in [6.07, 6.45) is 0.0791. The molecule has 2 atom stereocenters. The quantitative estimate of drug-likeness (QED) is 0.765. The van der Waals surface area contributed by atoms with Crippen LogP contribution >= 0.6 is 11.8 Å². The molecule has 2 heterocycles. The largest absolute Gasteiger partial charge is 0.497 e. The Morgan fingerprint density at radius 2 is 1.90 bits per heavy atom. The fraction of sp³-hybridized carbons (Fsp3) is 0.304. The van der Waals surface area contributed by atoms with Gasteiger partial charge in [-0.05, 0) is 29.8 Å². The molecule has 0 saturated carbocycles. The second kappa shape index (κ2) is 8.17. The molecule has 1 N–H and O–H groups in total. The van der Waals surface area contributed by atoms with Crippen molar-refractivity contribution in [2.75, 3.05) is 27.1 Å². The van der Waals surface area contributed by atoms with Crippen molar-refractivity contribution in [3.63, 3.8) is 0 Å². The van der Waals surface area contributed by atoms with Gasteiger partial charge in [-0.1, -0.05) is 18.2 Å². The minimum Gasteiger partial charge on any atom is -0.497 e. The van der Waals surface area contributed by atoms with Crippen LogP contribution in [-0.4, -0.2) is 43.0 Å². The summed E-state index contributed by atoms with van der Waals surface area (Å²) in [5.41, 5.74) is 0.212. The molecule has 0 spiro atoms. The third-order valence-corrected chi connectivity index (χ3v) is 6.88. The van der Waals surface area contributed by atoms with E-state index in [4.69, 9.17) is 14.2 Å². The Hall–Kier alpha value is -3.15. The van der Waals surface area contributed by atoms with Crippen LogP contribution in [0.3, 0.4) is 0 Å². The van der Waals surface area contributed by atoms with E-state index >= 15 is 0 Å². The first-order chi connectivity index (χ1) is 15.0. The van der Waals surface area contributed by atoms with Gasteiger partial charge in [-0.15, -0.1) is 11.8 Å². The monoisotopic (exact) mass is 438 g/mol. The number of rotatable bonds is 5. The lowest BCUT2D eigenvalue weighted by atomic mass is 9.85. The van der Waals surface area contributed by atoms with Crippen molar-refractivity contribution in [3.8, 4) is 23.3 Å². The van der Waals surface area contributed by atoms with E-state index in [2.05, 4.69) is 6.07 Å². The molecule has 1 amide bonds. The highest BCUT2D eigenvalue weighted by Crippen LogP contribution is 2.52. The summed E-state index contributed by atoms with van der Waals surface area (Å²) >= 11 is 1.31. The molecule has 7 nitrogen and oxygen atoms in total. The first-order valence-electron chi connectivity index (χ1n) is 9.65. The number of hydrogen-bond donors (Lipinski definition) is 1. The van der Waals surface area contributed by atoms with Crippen LogP contribution < -0.4 is 14.2 Å². The van der Waals surface area contributed by atoms with Crippen molar-refractivity contribution < 1.29 is 24.1 Å². The molecular weight excluding hydrogens is 416 g/mol. The van der Waals surface area contributed by atoms with Crippen LogP contribution in [0.2, 0.25) is 0 Å². The third kappa shape index (κ3) is 3.40. The molecule has 31 heavy (non-hydrogen) atoms. The van der Waals surface area contributed by atoms with E-state index in [0.29, 0.717) is 33.4 Å². The number of nitrogens with zero attached hydrogens (tertiary/aromatic N) is 2. The predicted molar refractivity (Wildman–Crippen MR) is 116 cm³/mol. The van der Waals surface area contributed by atoms with E-state index in [0.717, 1.165) is 5.56 Å². The van der Waals surface area contributed by atoms with Gasteiger partial charge in [0.25, 0.3) is 0 Å². The van der Waals surface area contributed by atoms with Crippen LogP contribution in [0.1, 0.15) is 23.5 Å². The molecule has 1 fully saturated rings. The lowest BCUT2D eigenvalue weighted by Gasteiger charge is -2.38. The molecule has 160 valence electrons. The third-order valence-electron chi connectivity index (χ3n) is 5.65. The molecular formula is C23H22N2O5S. The van der Waals surface area contributed by atoms with E-state index in [-0.39, 0.29) is 24.0 Å². The molecule has 0 aliphatic carbocycles. The fourth-order valence-electron chi connectivity index (χ4n) is 4.07. The Bertz CT molecular complexity index is 1110. The van der Waals surface area contributed by atoms with Crippen molar-refractivity contribution in [2.24, 2.45) is 0 Å². The molecule has 2 aromatic carbocycles. The van der Waals surface area contributed by atoms with Crippen molar-refractivity contribution >= 4 is 17.7 Å². The molecule has 0 aromatic heterocycles. The minimum atomic E-state index is -1.59. The van der Waals surface area contributed by atoms with Crippen LogP contribution in [0.25, 0.3) is 0 Å². The Morgan fingerprint density at radius 3 is 2.58 bits per heavy atom. The Morgan fingerprint density at radius 1 is 1.13 bits per heavy atom. The average molecular weight is 439 g/mol. The number of nitriles is 1. The van der Waals surface area contributed by atoms with Gasteiger partial charge in [-0.2, -0.15) is 5.26 Å².